The van der Waals surface area contributed by atoms with E-state index in [1.165, 1.54) is 0 Å². The molecular weight excluding hydrogens is 310 g/mol. The van der Waals surface area contributed by atoms with E-state index in [0.29, 0.717) is 26.3 Å². The Kier molecular flexibility index (Phi) is 6.00. The number of ether oxygens (including phenoxy) is 2. The lowest BCUT2D eigenvalue weighted by Gasteiger charge is -2.27. The third kappa shape index (κ3) is 4.46. The summed E-state index contributed by atoms with van der Waals surface area (Å²) in [7, 11) is 1.14. The molecule has 1 saturated heterocycles. The average molecular weight is 328 g/mol. The second-order valence-corrected chi connectivity index (χ2v) is 5.00. The van der Waals surface area contributed by atoms with Gasteiger partial charge in [-0.05, 0) is 18.2 Å². The molecule has 1 aromatic carbocycles. The number of morpholine rings is 1. The molecule has 0 aromatic heterocycles. The molecule has 126 valence electrons. The van der Waals surface area contributed by atoms with Crippen LogP contribution < -0.4 is 5.32 Å². The van der Waals surface area contributed by atoms with Gasteiger partial charge in [0.2, 0.25) is 5.91 Å². The van der Waals surface area contributed by atoms with Gasteiger partial charge >= 0.3 is 5.97 Å². The Morgan fingerprint density at radius 3 is 2.70 bits per heavy atom. The highest BCUT2D eigenvalue weighted by Gasteiger charge is 2.26. The Hall–Kier alpha value is -2.06. The van der Waals surface area contributed by atoms with Crippen molar-refractivity contribution in [2.75, 3.05) is 40.0 Å². The predicted molar refractivity (Wildman–Crippen MR) is 76.5 cm³/mol. The lowest BCUT2D eigenvalue weighted by atomic mass is 10.1. The zero-order chi connectivity index (χ0) is 16.8. The number of nitrogens with one attached hydrogen (secondary N) is 1. The first-order valence-corrected chi connectivity index (χ1v) is 7.14. The number of halogens is 2. The maximum Gasteiger partial charge on any atom is 0.327 e. The Morgan fingerprint density at radius 1 is 1.35 bits per heavy atom. The number of methoxy groups -OCH3 is 1. The van der Waals surface area contributed by atoms with Crippen molar-refractivity contribution >= 4 is 11.9 Å². The van der Waals surface area contributed by atoms with Crippen molar-refractivity contribution in [2.24, 2.45) is 0 Å². The summed E-state index contributed by atoms with van der Waals surface area (Å²) in [5, 5.41) is 2.64. The molecule has 1 fully saturated rings. The minimum absolute atomic E-state index is 0.199. The second kappa shape index (κ2) is 7.98. The minimum Gasteiger partial charge on any atom is -0.468 e. The Bertz CT molecular complexity index is 577. The summed E-state index contributed by atoms with van der Waals surface area (Å²) in [6, 6.07) is 1.52. The molecule has 1 aliphatic heterocycles. The monoisotopic (exact) mass is 328 g/mol. The lowest BCUT2D eigenvalue weighted by molar-refractivity contribution is -0.143. The zero-order valence-electron chi connectivity index (χ0n) is 12.7. The Morgan fingerprint density at radius 2 is 2.04 bits per heavy atom. The fraction of sp³-hybridized carbons (Fsp3) is 0.467. The van der Waals surface area contributed by atoms with Gasteiger partial charge < -0.3 is 14.4 Å². The van der Waals surface area contributed by atoms with E-state index in [9.17, 15) is 18.4 Å². The van der Waals surface area contributed by atoms with Crippen molar-refractivity contribution in [2.45, 2.75) is 6.04 Å². The molecule has 6 nitrogen and oxygen atoms in total. The smallest absolute Gasteiger partial charge is 0.327 e. The molecule has 0 unspecified atom stereocenters. The summed E-state index contributed by atoms with van der Waals surface area (Å²) in [6.45, 7) is 1.61. The van der Waals surface area contributed by atoms with E-state index in [1.807, 2.05) is 0 Å². The largest absolute Gasteiger partial charge is 0.468 e. The van der Waals surface area contributed by atoms with Gasteiger partial charge in [0, 0.05) is 18.7 Å². The molecule has 0 saturated carbocycles. The highest BCUT2D eigenvalue weighted by Crippen LogP contribution is 2.19. The zero-order valence-corrected chi connectivity index (χ0v) is 12.7. The van der Waals surface area contributed by atoms with Crippen LogP contribution in [0.5, 0.6) is 0 Å². The van der Waals surface area contributed by atoms with E-state index in [-0.39, 0.29) is 18.0 Å². The van der Waals surface area contributed by atoms with Crippen molar-refractivity contribution in [1.29, 1.82) is 0 Å². The van der Waals surface area contributed by atoms with Crippen molar-refractivity contribution in [3.63, 3.8) is 0 Å². The highest BCUT2D eigenvalue weighted by atomic mass is 19.1. The molecule has 1 amide bonds. The lowest BCUT2D eigenvalue weighted by Crippen LogP contribution is -2.46. The normalized spacial score (nSPS) is 16.0. The number of hydrogen-bond donors (Lipinski definition) is 1. The van der Waals surface area contributed by atoms with Crippen molar-refractivity contribution in [3.8, 4) is 0 Å². The third-order valence-electron chi connectivity index (χ3n) is 3.53. The summed E-state index contributed by atoms with van der Waals surface area (Å²) < 4.78 is 37.0. The van der Waals surface area contributed by atoms with Crippen LogP contribution in [0.3, 0.4) is 0 Å². The van der Waals surface area contributed by atoms with Gasteiger partial charge in [-0.3, -0.25) is 10.1 Å². The average Bonchev–Trinajstić information content (AvgIpc) is 2.58. The van der Waals surface area contributed by atoms with E-state index < -0.39 is 23.6 Å². The molecule has 0 spiro atoms. The molecule has 1 N–H and O–H groups in total. The first-order valence-electron chi connectivity index (χ1n) is 7.14. The maximum atomic E-state index is 13.9. The topological polar surface area (TPSA) is 67.9 Å². The standard InChI is InChI=1S/C15H18F2N2O4/c1-22-15(21)14(11-8-10(16)2-3-12(11)17)18-9-13(20)19-4-6-23-7-5-19/h2-3,8,14,18H,4-7,9H2,1H3/t14-/m0/s1. The summed E-state index contributed by atoms with van der Waals surface area (Å²) in [5.74, 6) is -2.49. The number of carbonyl (C=O) groups excluding carboxylic acids is 2. The van der Waals surface area contributed by atoms with Gasteiger partial charge in [0.05, 0.1) is 26.9 Å². The molecular formula is C15H18F2N2O4. The van der Waals surface area contributed by atoms with E-state index >= 15 is 0 Å². The predicted octanol–water partition coefficient (Wildman–Crippen LogP) is 0.627. The number of amides is 1. The highest BCUT2D eigenvalue weighted by molar-refractivity contribution is 5.81. The van der Waals surface area contributed by atoms with Crippen LogP contribution in [-0.2, 0) is 19.1 Å². The van der Waals surface area contributed by atoms with Gasteiger partial charge in [0.15, 0.2) is 0 Å². The van der Waals surface area contributed by atoms with Crippen LogP contribution in [0.15, 0.2) is 18.2 Å². The van der Waals surface area contributed by atoms with Crippen LogP contribution in [-0.4, -0.2) is 56.7 Å². The maximum absolute atomic E-state index is 13.9. The Labute approximate surface area is 132 Å². The van der Waals surface area contributed by atoms with Crippen molar-refractivity contribution in [3.05, 3.63) is 35.4 Å². The van der Waals surface area contributed by atoms with E-state index in [0.717, 1.165) is 25.3 Å². The Balaban J connectivity index is 2.08. The molecule has 8 heteroatoms. The van der Waals surface area contributed by atoms with Crippen LogP contribution in [0, 0.1) is 11.6 Å². The molecule has 1 aromatic rings. The quantitative estimate of drug-likeness (QED) is 0.803. The van der Waals surface area contributed by atoms with Crippen LogP contribution in [0.4, 0.5) is 8.78 Å². The van der Waals surface area contributed by atoms with E-state index in [4.69, 9.17) is 4.74 Å². The van der Waals surface area contributed by atoms with Gasteiger partial charge in [-0.25, -0.2) is 13.6 Å². The molecule has 2 rings (SSSR count). The van der Waals surface area contributed by atoms with Crippen LogP contribution in [0.2, 0.25) is 0 Å². The van der Waals surface area contributed by atoms with E-state index in [2.05, 4.69) is 10.1 Å². The van der Waals surface area contributed by atoms with Crippen molar-refractivity contribution < 1.29 is 27.8 Å². The first kappa shape index (κ1) is 17.3. The third-order valence-corrected chi connectivity index (χ3v) is 3.53. The SMILES string of the molecule is COC(=O)[C@@H](NCC(=O)N1CCOCC1)c1cc(F)ccc1F. The van der Waals surface area contributed by atoms with E-state index in [1.54, 1.807) is 4.90 Å². The van der Waals surface area contributed by atoms with Gasteiger partial charge in [-0.1, -0.05) is 0 Å². The summed E-state index contributed by atoms with van der Waals surface area (Å²) in [6.07, 6.45) is 0. The van der Waals surface area contributed by atoms with Gasteiger partial charge in [-0.15, -0.1) is 0 Å². The molecule has 1 aliphatic rings. The number of carbonyl (C=O) groups is 2. The number of benzene rings is 1. The number of nitrogens with zero attached hydrogens (tertiary/aromatic N) is 1. The molecule has 1 atom stereocenters. The number of hydrogen-bond acceptors (Lipinski definition) is 5. The fourth-order valence-corrected chi connectivity index (χ4v) is 2.29. The number of rotatable bonds is 5. The summed E-state index contributed by atoms with van der Waals surface area (Å²) in [4.78, 5) is 25.5. The number of esters is 1. The van der Waals surface area contributed by atoms with Gasteiger partial charge in [0.1, 0.15) is 17.7 Å². The molecule has 0 aliphatic carbocycles. The summed E-state index contributed by atoms with van der Waals surface area (Å²) in [5.41, 5.74) is -0.202. The minimum atomic E-state index is -1.26. The molecule has 0 bridgehead atoms. The molecule has 1 heterocycles. The molecule has 23 heavy (non-hydrogen) atoms. The summed E-state index contributed by atoms with van der Waals surface area (Å²) >= 11 is 0. The molecule has 0 radical (unpaired) electrons. The van der Waals surface area contributed by atoms with Crippen LogP contribution in [0.1, 0.15) is 11.6 Å². The fourth-order valence-electron chi connectivity index (χ4n) is 2.29. The second-order valence-electron chi connectivity index (χ2n) is 5.00. The van der Waals surface area contributed by atoms with Gasteiger partial charge in [-0.2, -0.15) is 0 Å². The van der Waals surface area contributed by atoms with Crippen LogP contribution in [0.25, 0.3) is 0 Å². The van der Waals surface area contributed by atoms with Gasteiger partial charge in [0.25, 0.3) is 0 Å². The van der Waals surface area contributed by atoms with Crippen molar-refractivity contribution in [1.82, 2.24) is 10.2 Å². The first-order chi connectivity index (χ1) is 11.0. The van der Waals surface area contributed by atoms with Crippen LogP contribution >= 0.6 is 0 Å².